The van der Waals surface area contributed by atoms with Crippen molar-refractivity contribution in [3.8, 4) is 11.5 Å². The number of nitrogens with zero attached hydrogens (tertiary/aromatic N) is 1. The maximum absolute atomic E-state index is 14.4. The summed E-state index contributed by atoms with van der Waals surface area (Å²) >= 11 is 6.51. The van der Waals surface area contributed by atoms with Gasteiger partial charge < -0.3 is 39.1 Å². The molecule has 0 spiro atoms. The molecule has 0 aliphatic carbocycles. The number of hydrogen-bond donors (Lipinski definition) is 3. The first-order chi connectivity index (χ1) is 21.9. The topological polar surface area (TPSA) is 148 Å². The smallest absolute Gasteiger partial charge is 0.339 e. The Hall–Kier alpha value is -4.06. The van der Waals surface area contributed by atoms with Gasteiger partial charge in [0.2, 0.25) is 5.91 Å². The zero-order chi connectivity index (χ0) is 33.6. The summed E-state index contributed by atoms with van der Waals surface area (Å²) in [5.74, 6) is -0.925. The molecule has 3 atom stereocenters. The van der Waals surface area contributed by atoms with Gasteiger partial charge in [0.1, 0.15) is 23.5 Å². The number of carboxylic acids is 1. The molecule has 0 saturated carbocycles. The summed E-state index contributed by atoms with van der Waals surface area (Å²) in [6, 6.07) is 11.9. The van der Waals surface area contributed by atoms with Crippen molar-refractivity contribution < 1.29 is 43.2 Å². The lowest BCUT2D eigenvalue weighted by molar-refractivity contribution is -0.138. The van der Waals surface area contributed by atoms with Gasteiger partial charge in [-0.05, 0) is 48.6 Å². The van der Waals surface area contributed by atoms with Crippen molar-refractivity contribution in [2.45, 2.75) is 64.8 Å². The third kappa shape index (κ3) is 8.01. The van der Waals surface area contributed by atoms with Crippen LogP contribution in [0, 0.1) is 5.41 Å². The number of fused-ring (bicyclic) bond motifs is 1. The lowest BCUT2D eigenvalue weighted by Gasteiger charge is -2.35. The summed E-state index contributed by atoms with van der Waals surface area (Å²) in [4.78, 5) is 40.7. The SMILES string of the molecule is CCC(O)CC(C)(C)CN1C(=O)[C@@H](CC(=O)NCCc2occc2C(=O)O)O[C@H](c2cccc(OC)c2OC)c2cc(Cl)ccc21. The van der Waals surface area contributed by atoms with Gasteiger partial charge in [0, 0.05) is 41.3 Å². The summed E-state index contributed by atoms with van der Waals surface area (Å²) in [5, 5.41) is 23.0. The fraction of sp³-hybridized carbons (Fsp3) is 0.441. The van der Waals surface area contributed by atoms with Crippen LogP contribution in [0.4, 0.5) is 5.69 Å². The fourth-order valence-electron chi connectivity index (χ4n) is 5.78. The number of carboxylic acid groups (broad SMARTS) is 1. The summed E-state index contributed by atoms with van der Waals surface area (Å²) in [7, 11) is 3.03. The molecular weight excluding hydrogens is 616 g/mol. The largest absolute Gasteiger partial charge is 0.493 e. The maximum Gasteiger partial charge on any atom is 0.339 e. The van der Waals surface area contributed by atoms with Gasteiger partial charge in [-0.1, -0.05) is 44.5 Å². The van der Waals surface area contributed by atoms with E-state index in [9.17, 15) is 24.6 Å². The van der Waals surface area contributed by atoms with Crippen molar-refractivity contribution in [1.82, 2.24) is 5.32 Å². The van der Waals surface area contributed by atoms with Crippen LogP contribution in [0.2, 0.25) is 5.02 Å². The number of halogens is 1. The number of amides is 2. The Bertz CT molecular complexity index is 1550. The number of furan rings is 1. The number of carbonyl (C=O) groups excluding carboxylic acids is 2. The highest BCUT2D eigenvalue weighted by Crippen LogP contribution is 2.46. The van der Waals surface area contributed by atoms with Crippen LogP contribution in [0.3, 0.4) is 0 Å². The van der Waals surface area contributed by atoms with Gasteiger partial charge in [-0.3, -0.25) is 9.59 Å². The quantitative estimate of drug-likeness (QED) is 0.207. The minimum atomic E-state index is -1.22. The number of anilines is 1. The minimum Gasteiger partial charge on any atom is -0.493 e. The summed E-state index contributed by atoms with van der Waals surface area (Å²) in [6.45, 7) is 6.17. The number of hydrogen-bond acceptors (Lipinski definition) is 8. The molecule has 1 aliphatic heterocycles. The van der Waals surface area contributed by atoms with E-state index in [0.29, 0.717) is 46.2 Å². The fourth-order valence-corrected chi connectivity index (χ4v) is 5.96. The van der Waals surface area contributed by atoms with Crippen molar-refractivity contribution in [2.24, 2.45) is 5.41 Å². The maximum atomic E-state index is 14.4. The van der Waals surface area contributed by atoms with E-state index in [1.807, 2.05) is 20.8 Å². The summed E-state index contributed by atoms with van der Waals surface area (Å²) in [5.41, 5.74) is 1.25. The van der Waals surface area contributed by atoms with Gasteiger partial charge in [-0.15, -0.1) is 0 Å². The molecule has 0 bridgehead atoms. The summed E-state index contributed by atoms with van der Waals surface area (Å²) in [6.07, 6.45) is -0.530. The predicted octanol–water partition coefficient (Wildman–Crippen LogP) is 5.41. The molecule has 3 N–H and O–H groups in total. The van der Waals surface area contributed by atoms with E-state index in [1.54, 1.807) is 41.3 Å². The molecule has 12 heteroatoms. The average molecular weight is 657 g/mol. The predicted molar refractivity (Wildman–Crippen MR) is 172 cm³/mol. The molecule has 4 rings (SSSR count). The van der Waals surface area contributed by atoms with Crippen LogP contribution < -0.4 is 19.7 Å². The molecule has 0 saturated heterocycles. The molecule has 2 aromatic carbocycles. The number of carbonyl (C=O) groups is 3. The van der Waals surface area contributed by atoms with E-state index in [2.05, 4.69) is 5.32 Å². The normalized spacial score (nSPS) is 17.2. The van der Waals surface area contributed by atoms with Gasteiger partial charge in [-0.2, -0.15) is 0 Å². The molecular formula is C34H41ClN2O9. The molecule has 11 nitrogen and oxygen atoms in total. The van der Waals surface area contributed by atoms with Gasteiger partial charge >= 0.3 is 5.97 Å². The van der Waals surface area contributed by atoms with Crippen LogP contribution in [0.25, 0.3) is 0 Å². The monoisotopic (exact) mass is 656 g/mol. The van der Waals surface area contributed by atoms with Gasteiger partial charge in [0.05, 0.1) is 33.0 Å². The first-order valence-corrected chi connectivity index (χ1v) is 15.5. The van der Waals surface area contributed by atoms with E-state index < -0.39 is 41.5 Å². The van der Waals surface area contributed by atoms with E-state index in [1.165, 1.54) is 26.5 Å². The van der Waals surface area contributed by atoms with Crippen molar-refractivity contribution >= 4 is 35.1 Å². The van der Waals surface area contributed by atoms with Gasteiger partial charge in [-0.25, -0.2) is 4.79 Å². The van der Waals surface area contributed by atoms with E-state index in [0.717, 1.165) is 0 Å². The zero-order valence-electron chi connectivity index (χ0n) is 26.7. The second kappa shape index (κ2) is 15.0. The van der Waals surface area contributed by atoms with Crippen LogP contribution in [0.15, 0.2) is 53.1 Å². The number of benzene rings is 2. The number of para-hydroxylation sites is 1. The lowest BCUT2D eigenvalue weighted by Crippen LogP contribution is -2.46. The number of rotatable bonds is 14. The first-order valence-electron chi connectivity index (χ1n) is 15.1. The van der Waals surface area contributed by atoms with Crippen LogP contribution in [-0.4, -0.2) is 67.5 Å². The lowest BCUT2D eigenvalue weighted by atomic mass is 9.84. The second-order valence-corrected chi connectivity index (χ2v) is 12.4. The minimum absolute atomic E-state index is 0.0227. The molecule has 46 heavy (non-hydrogen) atoms. The van der Waals surface area contributed by atoms with Crippen LogP contribution >= 0.6 is 11.6 Å². The van der Waals surface area contributed by atoms with Crippen molar-refractivity contribution in [3.05, 3.63) is 76.2 Å². The second-order valence-electron chi connectivity index (χ2n) is 12.0. The number of nitrogens with one attached hydrogen (secondary N) is 1. The highest BCUT2D eigenvalue weighted by Gasteiger charge is 2.41. The highest BCUT2D eigenvalue weighted by molar-refractivity contribution is 6.30. The van der Waals surface area contributed by atoms with Crippen molar-refractivity contribution in [1.29, 1.82) is 0 Å². The van der Waals surface area contributed by atoms with E-state index in [4.69, 9.17) is 30.2 Å². The third-order valence-corrected chi connectivity index (χ3v) is 8.22. The van der Waals surface area contributed by atoms with Crippen molar-refractivity contribution in [3.63, 3.8) is 0 Å². The Kier molecular flexibility index (Phi) is 11.4. The Balaban J connectivity index is 1.72. The zero-order valence-corrected chi connectivity index (χ0v) is 27.4. The Morgan fingerprint density at radius 1 is 1.13 bits per heavy atom. The molecule has 248 valence electrons. The first kappa shape index (κ1) is 34.8. The highest BCUT2D eigenvalue weighted by atomic mass is 35.5. The van der Waals surface area contributed by atoms with E-state index in [-0.39, 0.29) is 37.3 Å². The molecule has 1 aromatic heterocycles. The molecule has 0 fully saturated rings. The molecule has 0 radical (unpaired) electrons. The number of ether oxygens (including phenoxy) is 3. The Morgan fingerprint density at radius 2 is 1.89 bits per heavy atom. The standard InChI is InChI=1S/C34H41ClN2O9/c1-6-21(38)18-34(2,3)19-37-25-11-10-20(35)16-24(25)30(23-8-7-9-27(43-4)31(23)44-5)46-28(32(37)40)17-29(39)36-14-12-26-22(33(41)42)13-15-45-26/h7-11,13,15-16,21,28,30,38H,6,12,14,17-19H2,1-5H3,(H,36,39)(H,41,42)/t21?,28-,30-/m1/s1. The Morgan fingerprint density at radius 3 is 2.57 bits per heavy atom. The van der Waals surface area contributed by atoms with Gasteiger partial charge in [0.25, 0.3) is 5.91 Å². The van der Waals surface area contributed by atoms with Crippen molar-refractivity contribution in [2.75, 3.05) is 32.2 Å². The number of aliphatic hydroxyl groups is 1. The van der Waals surface area contributed by atoms with E-state index >= 15 is 0 Å². The summed E-state index contributed by atoms with van der Waals surface area (Å²) < 4.78 is 23.1. The van der Waals surface area contributed by atoms with Crippen LogP contribution in [-0.2, 0) is 20.7 Å². The number of methoxy groups -OCH3 is 2. The van der Waals surface area contributed by atoms with Crippen LogP contribution in [0.5, 0.6) is 11.5 Å². The Labute approximate surface area is 273 Å². The number of aromatic carboxylic acids is 1. The molecule has 3 aromatic rings. The number of aliphatic hydroxyl groups excluding tert-OH is 1. The molecule has 1 unspecified atom stereocenters. The average Bonchev–Trinajstić information content (AvgIpc) is 3.46. The van der Waals surface area contributed by atoms with Crippen LogP contribution in [0.1, 0.15) is 73.4 Å². The molecule has 2 amide bonds. The van der Waals surface area contributed by atoms with Gasteiger partial charge in [0.15, 0.2) is 11.5 Å². The third-order valence-electron chi connectivity index (χ3n) is 7.99. The molecule has 2 heterocycles. The molecule has 1 aliphatic rings.